The third kappa shape index (κ3) is 4.80. The normalized spacial score (nSPS) is 10.0. The van der Waals surface area contributed by atoms with Gasteiger partial charge in [0, 0.05) is 24.3 Å². The number of methoxy groups -OCH3 is 1. The van der Waals surface area contributed by atoms with Crippen LogP contribution in [0.25, 0.3) is 0 Å². The molecule has 0 radical (unpaired) electrons. The Morgan fingerprint density at radius 1 is 1.05 bits per heavy atom. The predicted molar refractivity (Wildman–Crippen MR) is 81.1 cm³/mol. The van der Waals surface area contributed by atoms with Crippen LogP contribution in [-0.2, 0) is 4.79 Å². The van der Waals surface area contributed by atoms with Crippen LogP contribution < -0.4 is 15.4 Å². The Morgan fingerprint density at radius 3 is 2.29 bits per heavy atom. The predicted octanol–water partition coefficient (Wildman–Crippen LogP) is 3.28. The first-order valence-corrected chi connectivity index (χ1v) is 6.61. The summed E-state index contributed by atoms with van der Waals surface area (Å²) in [6, 6.07) is 13.2. The minimum Gasteiger partial charge on any atom is -0.497 e. The van der Waals surface area contributed by atoms with Gasteiger partial charge in [0.15, 0.2) is 0 Å². The number of carbonyl (C=O) groups excluding carboxylic acids is 1. The Kier molecular flexibility index (Phi) is 5.15. The lowest BCUT2D eigenvalue weighted by Crippen LogP contribution is -2.16. The zero-order valence-corrected chi connectivity index (χ0v) is 11.7. The van der Waals surface area contributed by atoms with Gasteiger partial charge in [-0.2, -0.15) is 0 Å². The number of ether oxygens (including phenoxy) is 1. The van der Waals surface area contributed by atoms with Crippen molar-refractivity contribution in [3.8, 4) is 5.75 Å². The summed E-state index contributed by atoms with van der Waals surface area (Å²) < 4.78 is 17.8. The molecule has 0 aliphatic carbocycles. The van der Waals surface area contributed by atoms with Gasteiger partial charge in [0.2, 0.25) is 5.91 Å². The molecule has 0 saturated carbocycles. The first-order valence-electron chi connectivity index (χ1n) is 6.61. The minimum absolute atomic E-state index is 0.0882. The molecule has 0 atom stereocenters. The van der Waals surface area contributed by atoms with Gasteiger partial charge in [0.05, 0.1) is 7.11 Å². The molecule has 0 fully saturated rings. The molecular weight excluding hydrogens is 271 g/mol. The van der Waals surface area contributed by atoms with Gasteiger partial charge in [-0.3, -0.25) is 4.79 Å². The van der Waals surface area contributed by atoms with Crippen LogP contribution in [0.5, 0.6) is 5.75 Å². The van der Waals surface area contributed by atoms with Crippen molar-refractivity contribution in [3.63, 3.8) is 0 Å². The molecule has 2 aromatic carbocycles. The maximum absolute atomic E-state index is 12.7. The molecule has 0 unspecified atom stereocenters. The van der Waals surface area contributed by atoms with Crippen molar-refractivity contribution in [2.75, 3.05) is 24.3 Å². The van der Waals surface area contributed by atoms with Crippen LogP contribution in [-0.4, -0.2) is 19.6 Å². The maximum atomic E-state index is 12.7. The van der Waals surface area contributed by atoms with Crippen molar-refractivity contribution in [1.29, 1.82) is 0 Å². The molecule has 4 nitrogen and oxygen atoms in total. The fourth-order valence-corrected chi connectivity index (χ4v) is 1.79. The van der Waals surface area contributed by atoms with Gasteiger partial charge in [-0.25, -0.2) is 4.39 Å². The highest BCUT2D eigenvalue weighted by atomic mass is 19.1. The highest BCUT2D eigenvalue weighted by Crippen LogP contribution is 2.15. The second-order valence-corrected chi connectivity index (χ2v) is 4.46. The molecule has 110 valence electrons. The fourth-order valence-electron chi connectivity index (χ4n) is 1.79. The van der Waals surface area contributed by atoms with Crippen molar-refractivity contribution in [2.45, 2.75) is 6.42 Å². The topological polar surface area (TPSA) is 50.4 Å². The Balaban J connectivity index is 1.75. The summed E-state index contributed by atoms with van der Waals surface area (Å²) in [6.45, 7) is 0.480. The number of amides is 1. The summed E-state index contributed by atoms with van der Waals surface area (Å²) in [6.07, 6.45) is 0.323. The van der Waals surface area contributed by atoms with Gasteiger partial charge in [0.25, 0.3) is 0 Å². The largest absolute Gasteiger partial charge is 0.497 e. The zero-order valence-electron chi connectivity index (χ0n) is 11.7. The second kappa shape index (κ2) is 7.28. The fraction of sp³-hybridized carbons (Fsp3) is 0.188. The van der Waals surface area contributed by atoms with Gasteiger partial charge < -0.3 is 15.4 Å². The zero-order chi connectivity index (χ0) is 15.1. The molecule has 0 aliphatic heterocycles. The average Bonchev–Trinajstić information content (AvgIpc) is 2.50. The molecular formula is C16H17FN2O2. The lowest BCUT2D eigenvalue weighted by molar-refractivity contribution is -0.115. The highest BCUT2D eigenvalue weighted by molar-refractivity contribution is 5.91. The summed E-state index contributed by atoms with van der Waals surface area (Å²) >= 11 is 0. The Hall–Kier alpha value is -2.56. The maximum Gasteiger partial charge on any atom is 0.226 e. The molecule has 5 heteroatoms. The van der Waals surface area contributed by atoms with Gasteiger partial charge in [-0.05, 0) is 48.5 Å². The van der Waals surface area contributed by atoms with Crippen LogP contribution in [0.2, 0.25) is 0 Å². The third-order valence-electron chi connectivity index (χ3n) is 2.90. The van der Waals surface area contributed by atoms with Crippen LogP contribution in [0.1, 0.15) is 6.42 Å². The van der Waals surface area contributed by atoms with Gasteiger partial charge in [-0.1, -0.05) is 0 Å². The van der Waals surface area contributed by atoms with E-state index in [4.69, 9.17) is 4.74 Å². The van der Waals surface area contributed by atoms with Crippen molar-refractivity contribution >= 4 is 17.3 Å². The van der Waals surface area contributed by atoms with Crippen LogP contribution >= 0.6 is 0 Å². The van der Waals surface area contributed by atoms with Crippen molar-refractivity contribution < 1.29 is 13.9 Å². The Bertz CT molecular complexity index is 582. The number of nitrogens with one attached hydrogen (secondary N) is 2. The summed E-state index contributed by atoms with van der Waals surface area (Å²) in [5.41, 5.74) is 1.51. The number of carbonyl (C=O) groups is 1. The molecule has 0 bridgehead atoms. The molecule has 0 heterocycles. The van der Waals surface area contributed by atoms with E-state index in [-0.39, 0.29) is 11.7 Å². The van der Waals surface area contributed by atoms with Crippen LogP contribution in [0.4, 0.5) is 15.8 Å². The Labute approximate surface area is 122 Å². The Morgan fingerprint density at radius 2 is 1.67 bits per heavy atom. The van der Waals surface area contributed by atoms with Crippen LogP contribution in [0, 0.1) is 5.82 Å². The number of anilines is 2. The molecule has 21 heavy (non-hydrogen) atoms. The van der Waals surface area contributed by atoms with E-state index in [1.54, 1.807) is 43.5 Å². The quantitative estimate of drug-likeness (QED) is 0.857. The summed E-state index contributed by atoms with van der Waals surface area (Å²) in [5.74, 6) is 0.374. The van der Waals surface area contributed by atoms with E-state index in [0.29, 0.717) is 13.0 Å². The number of hydrogen-bond donors (Lipinski definition) is 2. The smallest absolute Gasteiger partial charge is 0.226 e. The third-order valence-corrected chi connectivity index (χ3v) is 2.90. The lowest BCUT2D eigenvalue weighted by Gasteiger charge is -2.08. The summed E-state index contributed by atoms with van der Waals surface area (Å²) in [5, 5.41) is 5.85. The van der Waals surface area contributed by atoms with E-state index < -0.39 is 0 Å². The molecule has 0 saturated heterocycles. The van der Waals surface area contributed by atoms with Gasteiger partial charge in [0.1, 0.15) is 11.6 Å². The monoisotopic (exact) mass is 288 g/mol. The number of hydrogen-bond acceptors (Lipinski definition) is 3. The molecule has 2 rings (SSSR count). The van der Waals surface area contributed by atoms with Crippen molar-refractivity contribution in [1.82, 2.24) is 0 Å². The van der Waals surface area contributed by atoms with Gasteiger partial charge >= 0.3 is 0 Å². The van der Waals surface area contributed by atoms with Crippen LogP contribution in [0.3, 0.4) is 0 Å². The van der Waals surface area contributed by atoms with E-state index in [1.165, 1.54) is 12.1 Å². The molecule has 0 spiro atoms. The van der Waals surface area contributed by atoms with E-state index >= 15 is 0 Å². The van der Waals surface area contributed by atoms with Crippen LogP contribution in [0.15, 0.2) is 48.5 Å². The first kappa shape index (κ1) is 14.8. The average molecular weight is 288 g/mol. The standard InChI is InChI=1S/C16H17FN2O2/c1-21-15-8-6-14(7-9-15)19-16(20)10-11-18-13-4-2-12(17)3-5-13/h2-9,18H,10-11H2,1H3,(H,19,20). The molecule has 0 aliphatic rings. The lowest BCUT2D eigenvalue weighted by atomic mass is 10.2. The minimum atomic E-state index is -0.280. The number of benzene rings is 2. The summed E-state index contributed by atoms with van der Waals surface area (Å²) in [7, 11) is 1.59. The number of rotatable bonds is 6. The highest BCUT2D eigenvalue weighted by Gasteiger charge is 2.02. The van der Waals surface area contributed by atoms with Crippen molar-refractivity contribution in [3.05, 3.63) is 54.3 Å². The van der Waals surface area contributed by atoms with E-state index in [2.05, 4.69) is 10.6 Å². The van der Waals surface area contributed by atoms with E-state index in [0.717, 1.165) is 17.1 Å². The van der Waals surface area contributed by atoms with E-state index in [9.17, 15) is 9.18 Å². The SMILES string of the molecule is COc1ccc(NC(=O)CCNc2ccc(F)cc2)cc1. The molecule has 2 N–H and O–H groups in total. The molecule has 2 aromatic rings. The first-order chi connectivity index (χ1) is 10.2. The molecule has 0 aromatic heterocycles. The van der Waals surface area contributed by atoms with Gasteiger partial charge in [-0.15, -0.1) is 0 Å². The summed E-state index contributed by atoms with van der Waals surface area (Å²) in [4.78, 5) is 11.8. The van der Waals surface area contributed by atoms with E-state index in [1.807, 2.05) is 0 Å². The number of halogens is 1. The molecule has 1 amide bonds. The second-order valence-electron chi connectivity index (χ2n) is 4.46. The van der Waals surface area contributed by atoms with Crippen molar-refractivity contribution in [2.24, 2.45) is 0 Å².